The van der Waals surface area contributed by atoms with E-state index in [0.29, 0.717) is 52.6 Å². The van der Waals surface area contributed by atoms with Gasteiger partial charge in [-0.2, -0.15) is 0 Å². The van der Waals surface area contributed by atoms with E-state index in [0.717, 1.165) is 11.1 Å². The van der Waals surface area contributed by atoms with E-state index in [1.54, 1.807) is 50.4 Å². The zero-order valence-corrected chi connectivity index (χ0v) is 25.0. The second-order valence-corrected chi connectivity index (χ2v) is 10.2. The predicted octanol–water partition coefficient (Wildman–Crippen LogP) is 4.26. The third-order valence-electron chi connectivity index (χ3n) is 7.13. The number of rotatable bonds is 9. The Labute approximate surface area is 249 Å². The predicted molar refractivity (Wildman–Crippen MR) is 165 cm³/mol. The molecule has 11 heteroatoms. The first-order chi connectivity index (χ1) is 20.6. The van der Waals surface area contributed by atoms with Crippen molar-refractivity contribution in [2.75, 3.05) is 37.3 Å². The Morgan fingerprint density at radius 2 is 1.56 bits per heavy atom. The molecule has 0 aromatic heterocycles. The summed E-state index contributed by atoms with van der Waals surface area (Å²) in [7, 11) is 4.61. The van der Waals surface area contributed by atoms with Gasteiger partial charge in [0.15, 0.2) is 11.5 Å². The molecular weight excluding hydrogens is 552 g/mol. The zero-order chi connectivity index (χ0) is 31.3. The molecule has 11 nitrogen and oxygen atoms in total. The van der Waals surface area contributed by atoms with Gasteiger partial charge in [0.25, 0.3) is 0 Å². The SMILES string of the molecule is COc1cc2c(c(OC)c1OC)-c1ccc(N[C@H](C)C(=O)Nc3cccc(NC(C)=O)c3)c(=O)cc1[C@@H](NC(C)=O)CC2. The number of aryl methyl sites for hydroxylation is 1. The summed E-state index contributed by atoms with van der Waals surface area (Å²) in [6.07, 6.45) is 1.11. The summed E-state index contributed by atoms with van der Waals surface area (Å²) in [5, 5.41) is 11.5. The van der Waals surface area contributed by atoms with Crippen LogP contribution in [0.5, 0.6) is 17.2 Å². The lowest BCUT2D eigenvalue weighted by molar-refractivity contribution is -0.120. The average molecular weight is 589 g/mol. The molecule has 3 amide bonds. The van der Waals surface area contributed by atoms with Crippen molar-refractivity contribution in [1.29, 1.82) is 0 Å². The van der Waals surface area contributed by atoms with Crippen molar-refractivity contribution in [3.63, 3.8) is 0 Å². The van der Waals surface area contributed by atoms with Crippen molar-refractivity contribution in [3.8, 4) is 28.4 Å². The number of amides is 3. The van der Waals surface area contributed by atoms with E-state index in [9.17, 15) is 19.2 Å². The summed E-state index contributed by atoms with van der Waals surface area (Å²) in [4.78, 5) is 50.2. The molecule has 226 valence electrons. The molecule has 0 fully saturated rings. The summed E-state index contributed by atoms with van der Waals surface area (Å²) in [6.45, 7) is 4.47. The molecule has 3 aromatic carbocycles. The minimum atomic E-state index is -0.795. The van der Waals surface area contributed by atoms with Gasteiger partial charge < -0.3 is 35.5 Å². The minimum absolute atomic E-state index is 0.199. The van der Waals surface area contributed by atoms with Gasteiger partial charge in [0.2, 0.25) is 28.9 Å². The van der Waals surface area contributed by atoms with Crippen LogP contribution in [0.1, 0.15) is 44.4 Å². The summed E-state index contributed by atoms with van der Waals surface area (Å²) in [5.74, 6) is 0.529. The molecule has 0 spiro atoms. The summed E-state index contributed by atoms with van der Waals surface area (Å²) in [5.41, 5.74) is 3.81. The molecule has 4 N–H and O–H groups in total. The van der Waals surface area contributed by atoms with Gasteiger partial charge in [0, 0.05) is 30.8 Å². The van der Waals surface area contributed by atoms with Gasteiger partial charge >= 0.3 is 0 Å². The van der Waals surface area contributed by atoms with Crippen LogP contribution < -0.4 is 40.9 Å². The monoisotopic (exact) mass is 588 g/mol. The molecular formula is C32H36N4O7. The highest BCUT2D eigenvalue weighted by atomic mass is 16.5. The van der Waals surface area contributed by atoms with Crippen LogP contribution in [0.4, 0.5) is 17.1 Å². The first-order valence-electron chi connectivity index (χ1n) is 13.8. The summed E-state index contributed by atoms with van der Waals surface area (Å²) < 4.78 is 17.0. The first-order valence-corrected chi connectivity index (χ1v) is 13.8. The molecule has 0 unspecified atom stereocenters. The van der Waals surface area contributed by atoms with Gasteiger partial charge in [-0.05, 0) is 72.9 Å². The van der Waals surface area contributed by atoms with Crippen molar-refractivity contribution < 1.29 is 28.6 Å². The number of fused-ring (bicyclic) bond motifs is 3. The largest absolute Gasteiger partial charge is 0.493 e. The van der Waals surface area contributed by atoms with Crippen LogP contribution >= 0.6 is 0 Å². The van der Waals surface area contributed by atoms with Crippen molar-refractivity contribution >= 4 is 34.8 Å². The van der Waals surface area contributed by atoms with Crippen molar-refractivity contribution in [3.05, 3.63) is 69.9 Å². The van der Waals surface area contributed by atoms with Gasteiger partial charge in [-0.25, -0.2) is 0 Å². The van der Waals surface area contributed by atoms with Crippen LogP contribution in [0.2, 0.25) is 0 Å². The Bertz CT molecular complexity index is 1620. The lowest BCUT2D eigenvalue weighted by atomic mass is 9.95. The van der Waals surface area contributed by atoms with E-state index >= 15 is 0 Å². The number of hydrogen-bond acceptors (Lipinski definition) is 8. The number of hydrogen-bond donors (Lipinski definition) is 4. The van der Waals surface area contributed by atoms with Gasteiger partial charge in [-0.3, -0.25) is 19.2 Å². The van der Waals surface area contributed by atoms with Crippen LogP contribution in [0.3, 0.4) is 0 Å². The minimum Gasteiger partial charge on any atom is -0.493 e. The van der Waals surface area contributed by atoms with Gasteiger partial charge in [0.05, 0.1) is 33.1 Å². The number of methoxy groups -OCH3 is 3. The van der Waals surface area contributed by atoms with E-state index in [-0.39, 0.29) is 28.8 Å². The van der Waals surface area contributed by atoms with Gasteiger partial charge in [-0.15, -0.1) is 0 Å². The maximum absolute atomic E-state index is 13.6. The molecule has 1 aliphatic carbocycles. The van der Waals surface area contributed by atoms with Crippen LogP contribution in [0.15, 0.2) is 53.3 Å². The fourth-order valence-electron chi connectivity index (χ4n) is 5.25. The van der Waals surface area contributed by atoms with E-state index in [2.05, 4.69) is 21.3 Å². The number of anilines is 3. The summed E-state index contributed by atoms with van der Waals surface area (Å²) in [6, 6.07) is 12.3. The van der Waals surface area contributed by atoms with Crippen LogP contribution in [0.25, 0.3) is 11.1 Å². The number of benzene rings is 2. The summed E-state index contributed by atoms with van der Waals surface area (Å²) >= 11 is 0. The van der Waals surface area contributed by atoms with Crippen LogP contribution in [0, 0.1) is 0 Å². The molecule has 1 aliphatic rings. The highest BCUT2D eigenvalue weighted by Gasteiger charge is 2.29. The lowest BCUT2D eigenvalue weighted by Gasteiger charge is -2.19. The fraction of sp³-hybridized carbons (Fsp3) is 0.312. The molecule has 0 saturated carbocycles. The maximum atomic E-state index is 13.6. The number of nitrogens with one attached hydrogen (secondary N) is 4. The van der Waals surface area contributed by atoms with E-state index in [4.69, 9.17) is 14.2 Å². The molecule has 4 rings (SSSR count). The highest BCUT2D eigenvalue weighted by Crippen LogP contribution is 2.50. The Kier molecular flexibility index (Phi) is 9.54. The number of ether oxygens (including phenoxy) is 3. The molecule has 0 bridgehead atoms. The van der Waals surface area contributed by atoms with Gasteiger partial charge in [0.1, 0.15) is 6.04 Å². The second kappa shape index (κ2) is 13.3. The third kappa shape index (κ3) is 6.88. The molecule has 3 aromatic rings. The smallest absolute Gasteiger partial charge is 0.246 e. The number of carbonyl (C=O) groups is 3. The Morgan fingerprint density at radius 1 is 0.860 bits per heavy atom. The Hall–Kier alpha value is -5.06. The zero-order valence-electron chi connectivity index (χ0n) is 25.0. The Morgan fingerprint density at radius 3 is 2.19 bits per heavy atom. The molecule has 2 atom stereocenters. The highest BCUT2D eigenvalue weighted by molar-refractivity contribution is 5.97. The van der Waals surface area contributed by atoms with Crippen molar-refractivity contribution in [1.82, 2.24) is 5.32 Å². The van der Waals surface area contributed by atoms with Crippen molar-refractivity contribution in [2.45, 2.75) is 45.7 Å². The topological polar surface area (TPSA) is 144 Å². The van der Waals surface area contributed by atoms with E-state index in [1.807, 2.05) is 6.07 Å². The lowest BCUT2D eigenvalue weighted by Crippen LogP contribution is -2.33. The molecule has 43 heavy (non-hydrogen) atoms. The molecule has 0 aliphatic heterocycles. The van der Waals surface area contributed by atoms with E-state index < -0.39 is 12.1 Å². The number of carbonyl (C=O) groups excluding carboxylic acids is 3. The van der Waals surface area contributed by atoms with Crippen LogP contribution in [-0.4, -0.2) is 45.1 Å². The van der Waals surface area contributed by atoms with Gasteiger partial charge in [-0.1, -0.05) is 12.1 Å². The first kappa shape index (κ1) is 30.9. The van der Waals surface area contributed by atoms with Crippen LogP contribution in [-0.2, 0) is 20.8 Å². The average Bonchev–Trinajstić information content (AvgIpc) is 3.20. The second-order valence-electron chi connectivity index (χ2n) is 10.2. The third-order valence-corrected chi connectivity index (χ3v) is 7.13. The Balaban J connectivity index is 1.74. The molecule has 0 radical (unpaired) electrons. The normalized spacial score (nSPS) is 14.1. The maximum Gasteiger partial charge on any atom is 0.246 e. The van der Waals surface area contributed by atoms with E-state index in [1.165, 1.54) is 34.1 Å². The molecule has 0 heterocycles. The quantitative estimate of drug-likeness (QED) is 0.290. The van der Waals surface area contributed by atoms with Crippen molar-refractivity contribution in [2.24, 2.45) is 0 Å². The fourth-order valence-corrected chi connectivity index (χ4v) is 5.25. The standard InChI is InChI=1S/C32H36N4O7/c1-17(32(40)36-22-9-7-8-21(15-22)34-18(2)37)33-26-13-11-23-24(16-27(26)39)25(35-19(3)38)12-10-20-14-28(41-4)30(42-5)31(43-6)29(20)23/h7-9,11,13-17,25H,10,12H2,1-6H3,(H,33,39)(H,34,37)(H,35,38)(H,36,40)/t17-,25+/m1/s1. The molecule has 0 saturated heterocycles.